The lowest BCUT2D eigenvalue weighted by Crippen LogP contribution is -2.26. The summed E-state index contributed by atoms with van der Waals surface area (Å²) in [5.74, 6) is -0.995. The summed E-state index contributed by atoms with van der Waals surface area (Å²) in [6, 6.07) is 0. The summed E-state index contributed by atoms with van der Waals surface area (Å²) in [4.78, 5) is 29.8. The third-order valence-corrected chi connectivity index (χ3v) is 1.01. The van der Waals surface area contributed by atoms with Gasteiger partial charge in [0.2, 0.25) is 13.7 Å². The number of hydrogen-bond acceptors (Lipinski definition) is 6. The lowest BCUT2D eigenvalue weighted by molar-refractivity contribution is -0.144. The largest absolute Gasteiger partial charge is 0.471 e. The molecule has 0 aliphatic rings. The van der Waals surface area contributed by atoms with E-state index >= 15 is 0 Å². The van der Waals surface area contributed by atoms with Gasteiger partial charge in [0.25, 0.3) is 12.9 Å². The molecule has 0 amide bonds. The van der Waals surface area contributed by atoms with Crippen LogP contribution in [0.4, 0.5) is 4.79 Å². The van der Waals surface area contributed by atoms with E-state index < -0.39 is 12.0 Å². The predicted octanol–water partition coefficient (Wildman–Crippen LogP) is -0.994. The highest BCUT2D eigenvalue weighted by Crippen LogP contribution is 1.92. The highest BCUT2D eigenvalue weighted by atomic mass is 16.6. The molecule has 0 fully saturated rings. The van der Waals surface area contributed by atoms with Gasteiger partial charge in [0.15, 0.2) is 6.10 Å². The van der Waals surface area contributed by atoms with Crippen molar-refractivity contribution in [3.05, 3.63) is 0 Å². The SMILES string of the molecule is [B]C(=O)OCC(COC=O)OC=O. The van der Waals surface area contributed by atoms with Crippen LogP contribution in [0.5, 0.6) is 0 Å². The quantitative estimate of drug-likeness (QED) is 0.288. The zero-order valence-corrected chi connectivity index (χ0v) is 6.67. The smallest absolute Gasteiger partial charge is 0.293 e. The molecule has 6 nitrogen and oxygen atoms in total. The number of rotatable bonds is 7. The second-order valence-corrected chi connectivity index (χ2v) is 1.91. The van der Waals surface area contributed by atoms with Gasteiger partial charge in [-0.2, -0.15) is 0 Å². The van der Waals surface area contributed by atoms with E-state index in [4.69, 9.17) is 0 Å². The molecule has 7 heteroatoms. The van der Waals surface area contributed by atoms with E-state index in [1.54, 1.807) is 0 Å². The van der Waals surface area contributed by atoms with E-state index in [1.807, 2.05) is 0 Å². The molecule has 13 heavy (non-hydrogen) atoms. The van der Waals surface area contributed by atoms with Crippen molar-refractivity contribution in [1.82, 2.24) is 0 Å². The van der Waals surface area contributed by atoms with Crippen molar-refractivity contribution in [1.29, 1.82) is 0 Å². The van der Waals surface area contributed by atoms with Crippen molar-refractivity contribution in [3.63, 3.8) is 0 Å². The summed E-state index contributed by atoms with van der Waals surface area (Å²) >= 11 is 0. The van der Waals surface area contributed by atoms with Crippen LogP contribution in [0.15, 0.2) is 0 Å². The molecule has 0 aromatic rings. The molecular formula is C6H7BO6. The van der Waals surface area contributed by atoms with Crippen molar-refractivity contribution in [2.24, 2.45) is 0 Å². The maximum Gasteiger partial charge on any atom is 0.293 e. The molecule has 0 aliphatic carbocycles. The molecule has 0 spiro atoms. The molecule has 0 aliphatic heterocycles. The summed E-state index contributed by atoms with van der Waals surface area (Å²) in [7, 11) is 4.65. The Labute approximate surface area is 75.5 Å². The van der Waals surface area contributed by atoms with Crippen molar-refractivity contribution in [2.45, 2.75) is 6.10 Å². The normalized spacial score (nSPS) is 11.1. The first-order valence-electron chi connectivity index (χ1n) is 3.27. The molecule has 0 aromatic carbocycles. The summed E-state index contributed by atoms with van der Waals surface area (Å²) in [6.45, 7) is -0.0912. The fraction of sp³-hybridized carbons (Fsp3) is 0.500. The van der Waals surface area contributed by atoms with E-state index in [0.29, 0.717) is 0 Å². The fourth-order valence-corrected chi connectivity index (χ4v) is 0.527. The summed E-state index contributed by atoms with van der Waals surface area (Å²) < 4.78 is 13.0. The zero-order chi connectivity index (χ0) is 10.1. The topological polar surface area (TPSA) is 78.9 Å². The Balaban J connectivity index is 3.71. The predicted molar refractivity (Wildman–Crippen MR) is 40.1 cm³/mol. The Bertz CT molecular complexity index is 182. The van der Waals surface area contributed by atoms with Crippen molar-refractivity contribution >= 4 is 26.7 Å². The second-order valence-electron chi connectivity index (χ2n) is 1.91. The Morgan fingerprint density at radius 3 is 2.46 bits per heavy atom. The number of carbonyl (C=O) groups is 3. The third kappa shape index (κ3) is 6.86. The van der Waals surface area contributed by atoms with Gasteiger partial charge >= 0.3 is 0 Å². The highest BCUT2D eigenvalue weighted by Gasteiger charge is 2.11. The lowest BCUT2D eigenvalue weighted by atomic mass is 10.2. The fourth-order valence-electron chi connectivity index (χ4n) is 0.527. The van der Waals surface area contributed by atoms with Gasteiger partial charge in [0.1, 0.15) is 13.2 Å². The molecule has 0 aromatic heterocycles. The minimum Gasteiger partial charge on any atom is -0.471 e. The summed E-state index contributed by atoms with van der Waals surface area (Å²) in [5, 5.41) is 0. The van der Waals surface area contributed by atoms with Crippen LogP contribution in [0.1, 0.15) is 0 Å². The van der Waals surface area contributed by atoms with Gasteiger partial charge < -0.3 is 14.2 Å². The van der Waals surface area contributed by atoms with Crippen LogP contribution < -0.4 is 0 Å². The number of hydrogen-bond donors (Lipinski definition) is 0. The van der Waals surface area contributed by atoms with Crippen LogP contribution in [0, 0.1) is 0 Å². The highest BCUT2D eigenvalue weighted by molar-refractivity contribution is 6.55. The van der Waals surface area contributed by atoms with Crippen molar-refractivity contribution in [3.8, 4) is 0 Å². The van der Waals surface area contributed by atoms with Gasteiger partial charge in [-0.05, 0) is 0 Å². The van der Waals surface area contributed by atoms with E-state index in [9.17, 15) is 14.4 Å². The Morgan fingerprint density at radius 1 is 1.31 bits per heavy atom. The molecule has 2 radical (unpaired) electrons. The molecule has 1 unspecified atom stereocenters. The van der Waals surface area contributed by atoms with Crippen LogP contribution in [-0.2, 0) is 23.8 Å². The average Bonchev–Trinajstić information content (AvgIpc) is 2.09. The van der Waals surface area contributed by atoms with Gasteiger partial charge in [0, 0.05) is 0 Å². The van der Waals surface area contributed by atoms with E-state index in [0.717, 1.165) is 0 Å². The molecule has 0 rings (SSSR count). The Morgan fingerprint density at radius 2 is 2.00 bits per heavy atom. The van der Waals surface area contributed by atoms with Crippen LogP contribution in [-0.4, -0.2) is 46.0 Å². The van der Waals surface area contributed by atoms with Gasteiger partial charge in [-0.25, -0.2) is 0 Å². The molecule has 0 heterocycles. The van der Waals surface area contributed by atoms with E-state index in [1.165, 1.54) is 0 Å². The molecule has 70 valence electrons. The van der Waals surface area contributed by atoms with Gasteiger partial charge in [-0.1, -0.05) is 0 Å². The number of carbonyl (C=O) groups excluding carboxylic acids is 3. The van der Waals surface area contributed by atoms with Crippen LogP contribution >= 0.6 is 0 Å². The van der Waals surface area contributed by atoms with Gasteiger partial charge in [0.05, 0.1) is 0 Å². The molecule has 1 atom stereocenters. The minimum absolute atomic E-state index is 0.156. The van der Waals surface area contributed by atoms with Crippen LogP contribution in [0.25, 0.3) is 0 Å². The van der Waals surface area contributed by atoms with Crippen LogP contribution in [0.2, 0.25) is 0 Å². The first kappa shape index (κ1) is 11.5. The summed E-state index contributed by atoms with van der Waals surface area (Å²) in [5.41, 5.74) is 0. The Kier molecular flexibility index (Phi) is 6.30. The average molecular weight is 186 g/mol. The third-order valence-electron chi connectivity index (χ3n) is 1.01. The minimum atomic E-state index is -0.995. The first-order chi connectivity index (χ1) is 6.20. The molecule has 0 bridgehead atoms. The maximum atomic E-state index is 10.1. The van der Waals surface area contributed by atoms with E-state index in [2.05, 4.69) is 22.1 Å². The van der Waals surface area contributed by atoms with Gasteiger partial charge in [-0.15, -0.1) is 0 Å². The molecule has 0 saturated carbocycles. The van der Waals surface area contributed by atoms with E-state index in [-0.39, 0.29) is 26.2 Å². The molecular weight excluding hydrogens is 179 g/mol. The van der Waals surface area contributed by atoms with Gasteiger partial charge in [-0.3, -0.25) is 14.4 Å². The summed E-state index contributed by atoms with van der Waals surface area (Å²) in [6.07, 6.45) is -0.824. The van der Waals surface area contributed by atoms with Crippen molar-refractivity contribution in [2.75, 3.05) is 13.2 Å². The standard InChI is InChI=1S/C6H7BO6/c7-6(10)12-2-5(13-4-9)1-11-3-8/h3-5H,1-2H2. The monoisotopic (exact) mass is 186 g/mol. The zero-order valence-electron chi connectivity index (χ0n) is 6.67. The molecule has 0 saturated heterocycles. The lowest BCUT2D eigenvalue weighted by Gasteiger charge is -2.13. The Hall–Kier alpha value is -1.53. The second kappa shape index (κ2) is 7.14. The maximum absolute atomic E-state index is 10.1. The van der Waals surface area contributed by atoms with Crippen molar-refractivity contribution < 1.29 is 28.6 Å². The number of ether oxygens (including phenoxy) is 3. The first-order valence-corrected chi connectivity index (χ1v) is 3.27. The molecule has 0 N–H and O–H groups in total. The van der Waals surface area contributed by atoms with Crippen LogP contribution in [0.3, 0.4) is 0 Å².